The summed E-state index contributed by atoms with van der Waals surface area (Å²) in [6.07, 6.45) is 8.86. The van der Waals surface area contributed by atoms with Crippen LogP contribution in [0.15, 0.2) is 50.4 Å². The van der Waals surface area contributed by atoms with E-state index in [1.807, 2.05) is 36.4 Å². The molecule has 2 saturated heterocycles. The Morgan fingerprint density at radius 2 is 1.39 bits per heavy atom. The van der Waals surface area contributed by atoms with Crippen LogP contribution in [0.25, 0.3) is 11.3 Å². The van der Waals surface area contributed by atoms with Crippen molar-refractivity contribution in [3.05, 3.63) is 46.6 Å². The number of hydrogen-bond acceptors (Lipinski definition) is 8. The quantitative estimate of drug-likeness (QED) is 0.355. The van der Waals surface area contributed by atoms with Gasteiger partial charge in [0.05, 0.1) is 6.21 Å². The summed E-state index contributed by atoms with van der Waals surface area (Å²) in [6.45, 7) is 3.93. The number of benzene rings is 1. The van der Waals surface area contributed by atoms with Crippen LogP contribution in [-0.2, 0) is 0 Å². The zero-order chi connectivity index (χ0) is 22.5. The predicted octanol–water partition coefficient (Wildman–Crippen LogP) is 5.32. The van der Waals surface area contributed by atoms with E-state index in [0.29, 0.717) is 11.7 Å². The summed E-state index contributed by atoms with van der Waals surface area (Å²) in [5.41, 5.74) is 4.01. The number of hydrazone groups is 1. The molecule has 2 aliphatic heterocycles. The molecule has 33 heavy (non-hydrogen) atoms. The first-order valence-corrected chi connectivity index (χ1v) is 12.4. The molecule has 9 heteroatoms. The van der Waals surface area contributed by atoms with Gasteiger partial charge in [-0.3, -0.25) is 0 Å². The van der Waals surface area contributed by atoms with Crippen molar-refractivity contribution in [2.45, 2.75) is 38.5 Å². The third kappa shape index (κ3) is 5.52. The van der Waals surface area contributed by atoms with Crippen molar-refractivity contribution in [1.29, 1.82) is 0 Å². The molecule has 8 nitrogen and oxygen atoms in total. The first-order valence-electron chi connectivity index (χ1n) is 11.7. The third-order valence-corrected chi connectivity index (χ3v) is 6.53. The summed E-state index contributed by atoms with van der Waals surface area (Å²) in [4.78, 5) is 18.6. The monoisotopic (exact) mass is 509 g/mol. The van der Waals surface area contributed by atoms with Crippen molar-refractivity contribution >= 4 is 40.0 Å². The van der Waals surface area contributed by atoms with Gasteiger partial charge in [0.15, 0.2) is 0 Å². The molecule has 0 unspecified atom stereocenters. The average molecular weight is 510 g/mol. The van der Waals surface area contributed by atoms with Crippen molar-refractivity contribution in [1.82, 2.24) is 15.0 Å². The van der Waals surface area contributed by atoms with Gasteiger partial charge in [-0.15, -0.1) is 0 Å². The van der Waals surface area contributed by atoms with Gasteiger partial charge < -0.3 is 14.2 Å². The molecule has 172 valence electrons. The van der Waals surface area contributed by atoms with Crippen LogP contribution in [0.1, 0.15) is 44.3 Å². The Morgan fingerprint density at radius 3 is 2.00 bits per heavy atom. The van der Waals surface area contributed by atoms with Gasteiger partial charge >= 0.3 is 0 Å². The van der Waals surface area contributed by atoms with Crippen molar-refractivity contribution in [3.63, 3.8) is 0 Å². The molecule has 3 aromatic rings. The third-order valence-electron chi connectivity index (χ3n) is 6.00. The maximum atomic E-state index is 5.91. The fourth-order valence-corrected chi connectivity index (χ4v) is 4.48. The molecule has 0 radical (unpaired) electrons. The van der Waals surface area contributed by atoms with Crippen LogP contribution >= 0.6 is 15.9 Å². The van der Waals surface area contributed by atoms with Crippen LogP contribution in [0, 0.1) is 0 Å². The average Bonchev–Trinajstić information content (AvgIpc) is 3.34. The molecule has 0 saturated carbocycles. The Morgan fingerprint density at radius 1 is 0.788 bits per heavy atom. The molecule has 0 amide bonds. The highest BCUT2D eigenvalue weighted by Crippen LogP contribution is 2.24. The van der Waals surface area contributed by atoms with Gasteiger partial charge in [0.1, 0.15) is 11.5 Å². The van der Waals surface area contributed by atoms with Crippen LogP contribution in [0.5, 0.6) is 0 Å². The van der Waals surface area contributed by atoms with Gasteiger partial charge in [-0.25, -0.2) is 5.43 Å². The second-order valence-electron chi connectivity index (χ2n) is 8.43. The number of aromatic nitrogens is 3. The first-order chi connectivity index (χ1) is 16.2. The van der Waals surface area contributed by atoms with Gasteiger partial charge in [-0.2, -0.15) is 20.1 Å². The van der Waals surface area contributed by atoms with Crippen LogP contribution < -0.4 is 15.2 Å². The Kier molecular flexibility index (Phi) is 6.85. The van der Waals surface area contributed by atoms with E-state index in [-0.39, 0.29) is 0 Å². The molecule has 0 aliphatic carbocycles. The lowest BCUT2D eigenvalue weighted by atomic mass is 10.1. The first kappa shape index (κ1) is 21.9. The second kappa shape index (κ2) is 10.3. The summed E-state index contributed by atoms with van der Waals surface area (Å²) in [6, 6.07) is 11.8. The smallest absolute Gasteiger partial charge is 0.250 e. The van der Waals surface area contributed by atoms with Crippen molar-refractivity contribution in [2.24, 2.45) is 5.10 Å². The SMILES string of the molecule is Brc1ccc(-c2ccc(/C=N\Nc3nc(N4CCCCC4)nc(N4CCCCC4)n3)o2)cc1. The lowest BCUT2D eigenvalue weighted by Crippen LogP contribution is -2.34. The molecule has 2 aromatic heterocycles. The molecule has 1 aromatic carbocycles. The lowest BCUT2D eigenvalue weighted by Gasteiger charge is -2.30. The van der Waals surface area contributed by atoms with Crippen molar-refractivity contribution < 1.29 is 4.42 Å². The van der Waals surface area contributed by atoms with E-state index < -0.39 is 0 Å². The predicted molar refractivity (Wildman–Crippen MR) is 135 cm³/mol. The zero-order valence-corrected chi connectivity index (χ0v) is 20.2. The molecule has 2 aliphatic rings. The molecule has 0 bridgehead atoms. The van der Waals surface area contributed by atoms with Gasteiger partial charge in [-0.1, -0.05) is 28.1 Å². The minimum atomic E-state index is 0.460. The summed E-state index contributed by atoms with van der Waals surface area (Å²) < 4.78 is 6.95. The van der Waals surface area contributed by atoms with Crippen LogP contribution in [-0.4, -0.2) is 47.3 Å². The molecule has 4 heterocycles. The van der Waals surface area contributed by atoms with Crippen LogP contribution in [0.4, 0.5) is 17.8 Å². The van der Waals surface area contributed by atoms with Gasteiger partial charge in [0.25, 0.3) is 0 Å². The largest absolute Gasteiger partial charge is 0.455 e. The van der Waals surface area contributed by atoms with Gasteiger partial charge in [0, 0.05) is 36.2 Å². The molecular formula is C24H28BrN7O. The second-order valence-corrected chi connectivity index (χ2v) is 9.35. The fraction of sp³-hybridized carbons (Fsp3) is 0.417. The highest BCUT2D eigenvalue weighted by Gasteiger charge is 2.20. The van der Waals surface area contributed by atoms with Crippen LogP contribution in [0.3, 0.4) is 0 Å². The number of nitrogens with one attached hydrogen (secondary N) is 1. The maximum Gasteiger partial charge on any atom is 0.250 e. The standard InChI is InChI=1S/C24H28BrN7O/c25-19-9-7-18(8-10-19)21-12-11-20(33-21)17-26-30-22-27-23(31-13-3-1-4-14-31)29-24(28-22)32-15-5-2-6-16-32/h7-12,17H,1-6,13-16H2,(H,27,28,29,30)/b26-17-. The van der Waals surface area contributed by atoms with E-state index in [0.717, 1.165) is 53.9 Å². The minimum absolute atomic E-state index is 0.460. The molecular weight excluding hydrogens is 482 g/mol. The molecule has 0 atom stereocenters. The zero-order valence-electron chi connectivity index (χ0n) is 18.6. The van der Waals surface area contributed by atoms with E-state index >= 15 is 0 Å². The Bertz CT molecular complexity index is 1050. The van der Waals surface area contributed by atoms with E-state index in [1.54, 1.807) is 6.21 Å². The van der Waals surface area contributed by atoms with E-state index in [4.69, 9.17) is 9.40 Å². The Balaban J connectivity index is 1.32. The number of rotatable bonds is 6. The van der Waals surface area contributed by atoms with Gasteiger partial charge in [-0.05, 0) is 62.8 Å². The summed E-state index contributed by atoms with van der Waals surface area (Å²) in [7, 11) is 0. The molecule has 1 N–H and O–H groups in total. The molecule has 5 rings (SSSR count). The minimum Gasteiger partial charge on any atom is -0.455 e. The summed E-state index contributed by atoms with van der Waals surface area (Å²) in [5, 5.41) is 4.34. The Hall–Kier alpha value is -2.94. The van der Waals surface area contributed by atoms with Crippen molar-refractivity contribution in [3.8, 4) is 11.3 Å². The number of piperidine rings is 2. The van der Waals surface area contributed by atoms with Crippen LogP contribution in [0.2, 0.25) is 0 Å². The number of halogens is 1. The summed E-state index contributed by atoms with van der Waals surface area (Å²) in [5.74, 6) is 3.38. The topological polar surface area (TPSA) is 82.7 Å². The summed E-state index contributed by atoms with van der Waals surface area (Å²) >= 11 is 3.46. The van der Waals surface area contributed by atoms with E-state index in [9.17, 15) is 0 Å². The maximum absolute atomic E-state index is 5.91. The Labute approximate surface area is 202 Å². The van der Waals surface area contributed by atoms with E-state index in [2.05, 4.69) is 46.2 Å². The number of hydrogen-bond donors (Lipinski definition) is 1. The van der Waals surface area contributed by atoms with Gasteiger partial charge in [0.2, 0.25) is 17.8 Å². The highest BCUT2D eigenvalue weighted by molar-refractivity contribution is 9.10. The highest BCUT2D eigenvalue weighted by atomic mass is 79.9. The fourth-order valence-electron chi connectivity index (χ4n) is 4.22. The molecule has 0 spiro atoms. The normalized spacial score (nSPS) is 17.0. The number of furan rings is 1. The molecule has 2 fully saturated rings. The lowest BCUT2D eigenvalue weighted by molar-refractivity contribution is 0.556. The van der Waals surface area contributed by atoms with E-state index in [1.165, 1.54) is 38.5 Å². The number of anilines is 3. The number of nitrogens with zero attached hydrogens (tertiary/aromatic N) is 6. The van der Waals surface area contributed by atoms with Crippen molar-refractivity contribution in [2.75, 3.05) is 41.4 Å².